The fourth-order valence-corrected chi connectivity index (χ4v) is 5.15. The molecule has 1 aromatic rings. The van der Waals surface area contributed by atoms with Crippen molar-refractivity contribution in [3.8, 4) is 5.75 Å². The first kappa shape index (κ1) is 23.1. The van der Waals surface area contributed by atoms with E-state index in [9.17, 15) is 19.2 Å². The van der Waals surface area contributed by atoms with Gasteiger partial charge in [0.2, 0.25) is 16.9 Å². The SMILES string of the molecule is COc1ccc(C(=O)C(C(=O)SC(C)(C)CC(C)C)[C@H]2CC(=O)N(C)C2=O)cc1. The largest absolute Gasteiger partial charge is 0.497 e. The Morgan fingerprint density at radius 2 is 1.79 bits per heavy atom. The van der Waals surface area contributed by atoms with Gasteiger partial charge >= 0.3 is 0 Å². The number of methoxy groups -OCH3 is 1. The Morgan fingerprint density at radius 1 is 1.21 bits per heavy atom. The van der Waals surface area contributed by atoms with E-state index in [0.717, 1.165) is 23.1 Å². The molecule has 0 bridgehead atoms. The molecule has 0 saturated carbocycles. The molecule has 1 aliphatic heterocycles. The van der Waals surface area contributed by atoms with Gasteiger partial charge in [-0.2, -0.15) is 0 Å². The number of amides is 2. The summed E-state index contributed by atoms with van der Waals surface area (Å²) in [6.45, 7) is 8.05. The van der Waals surface area contributed by atoms with Crippen molar-refractivity contribution in [1.29, 1.82) is 0 Å². The zero-order valence-corrected chi connectivity index (χ0v) is 18.7. The molecular weight excluding hydrogens is 390 g/mol. The third kappa shape index (κ3) is 5.47. The molecule has 0 N–H and O–H groups in total. The number of carbonyl (C=O) groups excluding carboxylic acids is 4. The normalized spacial score (nSPS) is 18.3. The summed E-state index contributed by atoms with van der Waals surface area (Å²) in [5.74, 6) is -2.47. The number of carbonyl (C=O) groups is 4. The van der Waals surface area contributed by atoms with Crippen LogP contribution in [0.3, 0.4) is 0 Å². The molecule has 1 aliphatic rings. The van der Waals surface area contributed by atoms with Gasteiger partial charge in [0.25, 0.3) is 0 Å². The van der Waals surface area contributed by atoms with Gasteiger partial charge in [-0.1, -0.05) is 39.5 Å². The van der Waals surface area contributed by atoms with E-state index in [0.29, 0.717) is 17.2 Å². The molecular formula is C22H29NO5S. The number of ketones is 1. The molecule has 1 aromatic carbocycles. The summed E-state index contributed by atoms with van der Waals surface area (Å²) in [4.78, 5) is 52.2. The maximum atomic E-state index is 13.3. The number of hydrogen-bond donors (Lipinski definition) is 0. The zero-order chi connectivity index (χ0) is 21.9. The van der Waals surface area contributed by atoms with Crippen LogP contribution >= 0.6 is 11.8 Å². The van der Waals surface area contributed by atoms with Crippen LogP contribution < -0.4 is 4.74 Å². The number of nitrogens with zero attached hydrogens (tertiary/aromatic N) is 1. The van der Waals surface area contributed by atoms with Crippen molar-refractivity contribution in [2.75, 3.05) is 14.2 Å². The number of imide groups is 1. The Kier molecular flexibility index (Phi) is 7.27. The highest BCUT2D eigenvalue weighted by Crippen LogP contribution is 2.38. The summed E-state index contributed by atoms with van der Waals surface area (Å²) in [6.07, 6.45) is 0.656. The summed E-state index contributed by atoms with van der Waals surface area (Å²) in [6, 6.07) is 6.43. The molecule has 29 heavy (non-hydrogen) atoms. The molecule has 0 aliphatic carbocycles. The summed E-state index contributed by atoms with van der Waals surface area (Å²) in [5, 5.41) is -0.363. The molecule has 2 amide bonds. The highest BCUT2D eigenvalue weighted by atomic mass is 32.2. The molecule has 1 heterocycles. The number of rotatable bonds is 8. The van der Waals surface area contributed by atoms with Crippen LogP contribution in [0.1, 0.15) is 50.9 Å². The van der Waals surface area contributed by atoms with Crippen LogP contribution in [0.2, 0.25) is 0 Å². The van der Waals surface area contributed by atoms with Crippen molar-refractivity contribution < 1.29 is 23.9 Å². The molecule has 0 radical (unpaired) electrons. The van der Waals surface area contributed by atoms with Gasteiger partial charge in [0, 0.05) is 23.8 Å². The van der Waals surface area contributed by atoms with E-state index >= 15 is 0 Å². The van der Waals surface area contributed by atoms with Gasteiger partial charge in [-0.15, -0.1) is 0 Å². The molecule has 0 aromatic heterocycles. The van der Waals surface area contributed by atoms with E-state index < -0.39 is 23.5 Å². The van der Waals surface area contributed by atoms with Gasteiger partial charge < -0.3 is 4.74 Å². The van der Waals surface area contributed by atoms with E-state index in [1.54, 1.807) is 24.3 Å². The number of Topliss-reactive ketones (excluding diaryl/α,β-unsaturated/α-hetero) is 1. The maximum Gasteiger partial charge on any atom is 0.233 e. The number of benzene rings is 1. The summed E-state index contributed by atoms with van der Waals surface area (Å²) in [7, 11) is 2.91. The number of hydrogen-bond acceptors (Lipinski definition) is 6. The van der Waals surface area contributed by atoms with Crippen LogP contribution in [0.15, 0.2) is 24.3 Å². The van der Waals surface area contributed by atoms with Crippen LogP contribution in [0.5, 0.6) is 5.75 Å². The lowest BCUT2D eigenvalue weighted by Crippen LogP contribution is -2.37. The number of ether oxygens (including phenoxy) is 1. The third-order valence-corrected chi connectivity index (χ3v) is 6.18. The minimum absolute atomic E-state index is 0.126. The molecule has 158 valence electrons. The number of likely N-dealkylation sites (tertiary alicyclic amines) is 1. The summed E-state index contributed by atoms with van der Waals surface area (Å²) in [5.41, 5.74) is 0.321. The van der Waals surface area contributed by atoms with Crippen LogP contribution in [0.4, 0.5) is 0 Å². The molecule has 1 fully saturated rings. The predicted molar refractivity (Wildman–Crippen MR) is 113 cm³/mol. The highest BCUT2D eigenvalue weighted by molar-refractivity contribution is 8.14. The van der Waals surface area contributed by atoms with Crippen molar-refractivity contribution in [2.24, 2.45) is 17.8 Å². The van der Waals surface area contributed by atoms with Gasteiger partial charge in [-0.25, -0.2) is 0 Å². The highest BCUT2D eigenvalue weighted by Gasteiger charge is 2.48. The van der Waals surface area contributed by atoms with E-state index in [1.807, 2.05) is 13.8 Å². The van der Waals surface area contributed by atoms with Crippen LogP contribution in [0, 0.1) is 17.8 Å². The second-order valence-corrected chi connectivity index (χ2v) is 10.2. The molecule has 6 nitrogen and oxygen atoms in total. The van der Waals surface area contributed by atoms with Crippen molar-refractivity contribution >= 4 is 34.5 Å². The zero-order valence-electron chi connectivity index (χ0n) is 17.9. The maximum absolute atomic E-state index is 13.3. The fourth-order valence-electron chi connectivity index (χ4n) is 3.79. The Hall–Kier alpha value is -2.15. The average Bonchev–Trinajstić information content (AvgIpc) is 2.87. The molecule has 1 saturated heterocycles. The fraction of sp³-hybridized carbons (Fsp3) is 0.545. The van der Waals surface area contributed by atoms with Crippen LogP contribution in [-0.2, 0) is 14.4 Å². The first-order valence-electron chi connectivity index (χ1n) is 9.68. The Morgan fingerprint density at radius 3 is 2.24 bits per heavy atom. The average molecular weight is 420 g/mol. The van der Waals surface area contributed by atoms with E-state index in [-0.39, 0.29) is 22.2 Å². The standard InChI is InChI=1S/C22H29NO5S/c1-13(2)12-22(3,4)29-21(27)18(16-11-17(24)23(5)20(16)26)19(25)14-7-9-15(28-6)10-8-14/h7-10,13,16,18H,11-12H2,1-6H3/t16-,18?/m1/s1. The summed E-state index contributed by atoms with van der Waals surface area (Å²) >= 11 is 1.09. The second kappa shape index (κ2) is 9.11. The topological polar surface area (TPSA) is 80.8 Å². The minimum Gasteiger partial charge on any atom is -0.497 e. The lowest BCUT2D eigenvalue weighted by atomic mass is 9.85. The van der Waals surface area contributed by atoms with Crippen molar-refractivity contribution in [1.82, 2.24) is 4.90 Å². The Balaban J connectivity index is 2.37. The van der Waals surface area contributed by atoms with Crippen molar-refractivity contribution in [2.45, 2.75) is 45.3 Å². The molecule has 1 unspecified atom stereocenters. The van der Waals surface area contributed by atoms with E-state index in [2.05, 4.69) is 13.8 Å². The predicted octanol–water partition coefficient (Wildman–Crippen LogP) is 3.58. The Bertz CT molecular complexity index is 800. The van der Waals surface area contributed by atoms with Gasteiger partial charge in [0.15, 0.2) is 5.78 Å². The van der Waals surface area contributed by atoms with Crippen molar-refractivity contribution in [3.63, 3.8) is 0 Å². The lowest BCUT2D eigenvalue weighted by molar-refractivity contribution is -0.138. The van der Waals surface area contributed by atoms with Gasteiger partial charge in [0.1, 0.15) is 11.7 Å². The van der Waals surface area contributed by atoms with Gasteiger partial charge in [-0.3, -0.25) is 24.1 Å². The van der Waals surface area contributed by atoms with Crippen molar-refractivity contribution in [3.05, 3.63) is 29.8 Å². The van der Waals surface area contributed by atoms with E-state index in [4.69, 9.17) is 4.74 Å². The monoisotopic (exact) mass is 419 g/mol. The van der Waals surface area contributed by atoms with Gasteiger partial charge in [0.05, 0.1) is 13.0 Å². The quantitative estimate of drug-likeness (QED) is 0.364. The number of thioether (sulfide) groups is 1. The summed E-state index contributed by atoms with van der Waals surface area (Å²) < 4.78 is 4.73. The third-order valence-electron chi connectivity index (χ3n) is 5.01. The molecule has 2 atom stereocenters. The second-order valence-electron chi connectivity index (χ2n) is 8.45. The first-order valence-corrected chi connectivity index (χ1v) is 10.5. The van der Waals surface area contributed by atoms with E-state index in [1.165, 1.54) is 14.2 Å². The Labute approximate surface area is 176 Å². The van der Waals surface area contributed by atoms with Gasteiger partial charge in [-0.05, 0) is 36.6 Å². The first-order chi connectivity index (χ1) is 13.5. The lowest BCUT2D eigenvalue weighted by Gasteiger charge is -2.28. The minimum atomic E-state index is -1.19. The van der Waals surface area contributed by atoms with Crippen LogP contribution in [0.25, 0.3) is 0 Å². The molecule has 0 spiro atoms. The van der Waals surface area contributed by atoms with Crippen LogP contribution in [-0.4, -0.2) is 46.5 Å². The molecule has 2 rings (SSSR count). The molecule has 7 heteroatoms. The smallest absolute Gasteiger partial charge is 0.233 e.